The molecule has 0 bridgehead atoms. The van der Waals surface area contributed by atoms with E-state index in [1.54, 1.807) is 12.1 Å². The molecule has 0 aliphatic rings. The minimum atomic E-state index is -0.370. The van der Waals surface area contributed by atoms with Gasteiger partial charge in [-0.05, 0) is 24.3 Å². The Morgan fingerprint density at radius 3 is 2.53 bits per heavy atom. The standard InChI is InChI=1S/C13H21N3O2S/c1-3-13(4-2,9-14)16-11(17)8-15-12(18)10-6-5-7-19-10/h5-7H,3-4,8-9,14H2,1-2H3,(H,15,18)(H,16,17). The van der Waals surface area contributed by atoms with Gasteiger partial charge in [0.1, 0.15) is 0 Å². The summed E-state index contributed by atoms with van der Waals surface area (Å²) in [5, 5.41) is 7.33. The van der Waals surface area contributed by atoms with Crippen molar-refractivity contribution in [2.45, 2.75) is 32.2 Å². The molecule has 1 rings (SSSR count). The lowest BCUT2D eigenvalue weighted by atomic mass is 9.93. The van der Waals surface area contributed by atoms with E-state index in [0.717, 1.165) is 12.8 Å². The van der Waals surface area contributed by atoms with Gasteiger partial charge >= 0.3 is 0 Å². The highest BCUT2D eigenvalue weighted by Crippen LogP contribution is 2.12. The van der Waals surface area contributed by atoms with Crippen LogP contribution in [0.15, 0.2) is 17.5 Å². The molecule has 0 unspecified atom stereocenters. The molecule has 0 saturated carbocycles. The average molecular weight is 283 g/mol. The zero-order valence-electron chi connectivity index (χ0n) is 11.4. The Kier molecular flexibility index (Phi) is 5.98. The smallest absolute Gasteiger partial charge is 0.261 e. The van der Waals surface area contributed by atoms with Crippen molar-refractivity contribution in [1.29, 1.82) is 0 Å². The molecule has 6 heteroatoms. The molecule has 106 valence electrons. The van der Waals surface area contributed by atoms with E-state index in [4.69, 9.17) is 5.73 Å². The number of hydrogen-bond acceptors (Lipinski definition) is 4. The monoisotopic (exact) mass is 283 g/mol. The molecule has 0 radical (unpaired) electrons. The third kappa shape index (κ3) is 4.33. The zero-order chi connectivity index (χ0) is 14.3. The van der Waals surface area contributed by atoms with E-state index in [-0.39, 0.29) is 23.9 Å². The first kappa shape index (κ1) is 15.7. The number of carbonyl (C=O) groups is 2. The van der Waals surface area contributed by atoms with Crippen LogP contribution in [0.1, 0.15) is 36.4 Å². The SMILES string of the molecule is CCC(CC)(CN)NC(=O)CNC(=O)c1cccs1. The Bertz CT molecular complexity index is 405. The van der Waals surface area contributed by atoms with E-state index in [9.17, 15) is 9.59 Å². The van der Waals surface area contributed by atoms with Gasteiger partial charge in [-0.1, -0.05) is 19.9 Å². The molecular formula is C13H21N3O2S. The number of nitrogens with two attached hydrogens (primary N) is 1. The van der Waals surface area contributed by atoms with Crippen molar-refractivity contribution < 1.29 is 9.59 Å². The van der Waals surface area contributed by atoms with Gasteiger partial charge in [-0.3, -0.25) is 9.59 Å². The van der Waals surface area contributed by atoms with Crippen molar-refractivity contribution in [2.24, 2.45) is 5.73 Å². The van der Waals surface area contributed by atoms with Crippen molar-refractivity contribution in [1.82, 2.24) is 10.6 Å². The van der Waals surface area contributed by atoms with Crippen LogP contribution in [-0.4, -0.2) is 30.4 Å². The predicted molar refractivity (Wildman–Crippen MR) is 77.2 cm³/mol. The molecule has 0 fully saturated rings. The Morgan fingerprint density at radius 2 is 2.05 bits per heavy atom. The van der Waals surface area contributed by atoms with Gasteiger partial charge in [0.25, 0.3) is 5.91 Å². The zero-order valence-corrected chi connectivity index (χ0v) is 12.2. The molecule has 0 spiro atoms. The fourth-order valence-corrected chi connectivity index (χ4v) is 2.40. The van der Waals surface area contributed by atoms with E-state index in [1.165, 1.54) is 11.3 Å². The Morgan fingerprint density at radius 1 is 1.37 bits per heavy atom. The third-order valence-electron chi connectivity index (χ3n) is 3.30. The van der Waals surface area contributed by atoms with Crippen LogP contribution in [0.2, 0.25) is 0 Å². The first-order valence-corrected chi connectivity index (χ1v) is 7.27. The summed E-state index contributed by atoms with van der Waals surface area (Å²) in [6.45, 7) is 4.34. The summed E-state index contributed by atoms with van der Waals surface area (Å²) in [6.07, 6.45) is 1.54. The molecule has 4 N–H and O–H groups in total. The van der Waals surface area contributed by atoms with Gasteiger partial charge in [0.15, 0.2) is 0 Å². The van der Waals surface area contributed by atoms with Crippen LogP contribution in [0.25, 0.3) is 0 Å². The van der Waals surface area contributed by atoms with Crippen LogP contribution in [0.4, 0.5) is 0 Å². The van der Waals surface area contributed by atoms with Crippen molar-refractivity contribution in [3.8, 4) is 0 Å². The summed E-state index contributed by atoms with van der Waals surface area (Å²) in [7, 11) is 0. The maximum atomic E-state index is 11.8. The molecule has 1 heterocycles. The predicted octanol–water partition coefficient (Wildman–Crippen LogP) is 1.11. The number of thiophene rings is 1. The molecule has 0 saturated heterocycles. The maximum Gasteiger partial charge on any atom is 0.261 e. The van der Waals surface area contributed by atoms with E-state index in [1.807, 2.05) is 19.2 Å². The highest BCUT2D eigenvalue weighted by molar-refractivity contribution is 7.12. The first-order chi connectivity index (χ1) is 9.06. The molecule has 0 aliphatic carbocycles. The van der Waals surface area contributed by atoms with Crippen LogP contribution in [0.3, 0.4) is 0 Å². The number of carbonyl (C=O) groups excluding carboxylic acids is 2. The van der Waals surface area contributed by atoms with Crippen LogP contribution in [0, 0.1) is 0 Å². The van der Waals surface area contributed by atoms with Gasteiger partial charge in [0.2, 0.25) is 5.91 Å². The number of hydrogen-bond donors (Lipinski definition) is 3. The van der Waals surface area contributed by atoms with Crippen LogP contribution in [-0.2, 0) is 4.79 Å². The molecule has 2 amide bonds. The fraction of sp³-hybridized carbons (Fsp3) is 0.538. The van der Waals surface area contributed by atoms with Gasteiger partial charge in [0.05, 0.1) is 17.0 Å². The summed E-state index contributed by atoms with van der Waals surface area (Å²) in [5.41, 5.74) is 5.34. The fourth-order valence-electron chi connectivity index (χ4n) is 1.76. The first-order valence-electron chi connectivity index (χ1n) is 6.39. The van der Waals surface area contributed by atoms with Crippen molar-refractivity contribution in [2.75, 3.05) is 13.1 Å². The highest BCUT2D eigenvalue weighted by Gasteiger charge is 2.26. The normalized spacial score (nSPS) is 11.1. The number of nitrogens with one attached hydrogen (secondary N) is 2. The van der Waals surface area contributed by atoms with E-state index < -0.39 is 0 Å². The minimum absolute atomic E-state index is 0.0293. The molecule has 0 aliphatic heterocycles. The lowest BCUT2D eigenvalue weighted by Crippen LogP contribution is -2.55. The summed E-state index contributed by atoms with van der Waals surface area (Å²) < 4.78 is 0. The largest absolute Gasteiger partial charge is 0.348 e. The molecule has 5 nitrogen and oxygen atoms in total. The van der Waals surface area contributed by atoms with Crippen molar-refractivity contribution in [3.63, 3.8) is 0 Å². The van der Waals surface area contributed by atoms with E-state index >= 15 is 0 Å². The molecule has 1 aromatic heterocycles. The van der Waals surface area contributed by atoms with Crippen molar-refractivity contribution in [3.05, 3.63) is 22.4 Å². The molecule has 0 aromatic carbocycles. The second kappa shape index (κ2) is 7.25. The second-order valence-electron chi connectivity index (χ2n) is 4.40. The van der Waals surface area contributed by atoms with Gasteiger partial charge in [0, 0.05) is 6.54 Å². The molecule has 0 atom stereocenters. The van der Waals surface area contributed by atoms with Gasteiger partial charge in [-0.15, -0.1) is 11.3 Å². The molecular weight excluding hydrogens is 262 g/mol. The quantitative estimate of drug-likeness (QED) is 0.701. The van der Waals surface area contributed by atoms with E-state index in [0.29, 0.717) is 11.4 Å². The average Bonchev–Trinajstić information content (AvgIpc) is 2.96. The van der Waals surface area contributed by atoms with Crippen molar-refractivity contribution >= 4 is 23.2 Å². The minimum Gasteiger partial charge on any atom is -0.348 e. The molecule has 19 heavy (non-hydrogen) atoms. The maximum absolute atomic E-state index is 11.8. The Labute approximate surface area is 117 Å². The topological polar surface area (TPSA) is 84.2 Å². The lowest BCUT2D eigenvalue weighted by Gasteiger charge is -2.31. The Hall–Kier alpha value is -1.40. The van der Waals surface area contributed by atoms with Gasteiger partial charge < -0.3 is 16.4 Å². The summed E-state index contributed by atoms with van der Waals surface area (Å²) in [6, 6.07) is 3.52. The summed E-state index contributed by atoms with van der Waals surface area (Å²) in [4.78, 5) is 24.1. The number of rotatable bonds is 7. The van der Waals surface area contributed by atoms with Crippen LogP contribution >= 0.6 is 11.3 Å². The van der Waals surface area contributed by atoms with Crippen LogP contribution < -0.4 is 16.4 Å². The summed E-state index contributed by atoms with van der Waals surface area (Å²) in [5.74, 6) is -0.435. The Balaban J connectivity index is 2.45. The number of amides is 2. The van der Waals surface area contributed by atoms with Gasteiger partial charge in [-0.2, -0.15) is 0 Å². The second-order valence-corrected chi connectivity index (χ2v) is 5.35. The van der Waals surface area contributed by atoms with E-state index in [2.05, 4.69) is 10.6 Å². The molecule has 1 aromatic rings. The van der Waals surface area contributed by atoms with Gasteiger partial charge in [-0.25, -0.2) is 0 Å². The van der Waals surface area contributed by atoms with Crippen LogP contribution in [0.5, 0.6) is 0 Å². The summed E-state index contributed by atoms with van der Waals surface area (Å²) >= 11 is 1.35. The third-order valence-corrected chi connectivity index (χ3v) is 4.17. The lowest BCUT2D eigenvalue weighted by molar-refractivity contribution is -0.122. The highest BCUT2D eigenvalue weighted by atomic mass is 32.1.